The van der Waals surface area contributed by atoms with Crippen molar-refractivity contribution in [3.63, 3.8) is 0 Å². The molecule has 0 saturated carbocycles. The standard InChI is InChI=1S/C27H23F3N4O4S/c1-15(27(28,29)30)32-14-34(33-11-10-21(36)24(38-16(2)35)23(33)26(32)37)22-19-8-4-3-6-18(19)13-39-25-17(12-31)7-5-9-20(22)25/h3-11,15,22,26,37H,13-14H2,1-2H3/t15-,22+,26?/m1/s1. The first-order valence-electron chi connectivity index (χ1n) is 12.0. The SMILES string of the molecule is CC(=O)Oc1c2n(ccc1=O)N([C@H]1c3ccccc3CSc3c(C#N)cccc31)CN([C@H](C)C(F)(F)F)C2O. The zero-order valence-corrected chi connectivity index (χ0v) is 21.7. The van der Waals surface area contributed by atoms with Gasteiger partial charge in [0.05, 0.1) is 18.3 Å². The second kappa shape index (κ2) is 10.1. The number of carbonyl (C=O) groups is 1. The van der Waals surface area contributed by atoms with E-state index in [1.165, 1.54) is 22.6 Å². The van der Waals surface area contributed by atoms with E-state index in [0.717, 1.165) is 35.9 Å². The highest BCUT2D eigenvalue weighted by atomic mass is 32.2. The number of nitrogens with zero attached hydrogens (tertiary/aromatic N) is 4. The molecule has 0 radical (unpaired) electrons. The summed E-state index contributed by atoms with van der Waals surface area (Å²) in [6.07, 6.45) is -5.28. The number of aliphatic hydroxyl groups excluding tert-OH is 1. The number of esters is 1. The Balaban J connectivity index is 1.81. The van der Waals surface area contributed by atoms with Crippen LogP contribution >= 0.6 is 11.8 Å². The molecular weight excluding hydrogens is 533 g/mol. The Hall–Kier alpha value is -3.79. The molecule has 2 aromatic carbocycles. The fourth-order valence-electron chi connectivity index (χ4n) is 5.02. The molecule has 0 aliphatic carbocycles. The third-order valence-corrected chi connectivity index (χ3v) is 8.11. The molecule has 39 heavy (non-hydrogen) atoms. The van der Waals surface area contributed by atoms with E-state index >= 15 is 0 Å². The lowest BCUT2D eigenvalue weighted by molar-refractivity contribution is -0.207. The number of halogens is 3. The van der Waals surface area contributed by atoms with Crippen LogP contribution in [0.25, 0.3) is 0 Å². The summed E-state index contributed by atoms with van der Waals surface area (Å²) in [6, 6.07) is 13.2. The number of benzene rings is 2. The molecular formula is C27H23F3N4O4S. The van der Waals surface area contributed by atoms with Gasteiger partial charge in [0, 0.05) is 29.8 Å². The van der Waals surface area contributed by atoms with Gasteiger partial charge in [-0.1, -0.05) is 36.4 Å². The number of alkyl halides is 3. The van der Waals surface area contributed by atoms with Crippen LogP contribution in [0, 0.1) is 11.3 Å². The van der Waals surface area contributed by atoms with Crippen LogP contribution in [0.5, 0.6) is 5.75 Å². The van der Waals surface area contributed by atoms with Crippen LogP contribution in [0.4, 0.5) is 13.2 Å². The van der Waals surface area contributed by atoms with E-state index in [1.807, 2.05) is 30.3 Å². The maximum absolute atomic E-state index is 14.0. The molecule has 8 nitrogen and oxygen atoms in total. The third kappa shape index (κ3) is 4.67. The van der Waals surface area contributed by atoms with Gasteiger partial charge in [-0.25, -0.2) is 4.90 Å². The van der Waals surface area contributed by atoms with Crippen LogP contribution in [0.1, 0.15) is 54.1 Å². The van der Waals surface area contributed by atoms with Crippen molar-refractivity contribution in [1.29, 1.82) is 5.26 Å². The van der Waals surface area contributed by atoms with Gasteiger partial charge in [0.2, 0.25) is 11.2 Å². The van der Waals surface area contributed by atoms with Gasteiger partial charge < -0.3 is 9.84 Å². The monoisotopic (exact) mass is 556 g/mol. The molecule has 3 heterocycles. The number of hydrogen-bond acceptors (Lipinski definition) is 8. The fourth-order valence-corrected chi connectivity index (χ4v) is 6.20. The van der Waals surface area contributed by atoms with E-state index in [9.17, 15) is 33.1 Å². The van der Waals surface area contributed by atoms with Crippen molar-refractivity contribution in [2.75, 3.05) is 11.7 Å². The minimum absolute atomic E-state index is 0.299. The van der Waals surface area contributed by atoms with Crippen molar-refractivity contribution in [1.82, 2.24) is 9.58 Å². The lowest BCUT2D eigenvalue weighted by Crippen LogP contribution is -2.59. The van der Waals surface area contributed by atoms with Gasteiger partial charge in [0.1, 0.15) is 17.8 Å². The fraction of sp³-hybridized carbons (Fsp3) is 0.296. The van der Waals surface area contributed by atoms with Gasteiger partial charge in [0.15, 0.2) is 6.23 Å². The Morgan fingerprint density at radius 2 is 1.90 bits per heavy atom. The van der Waals surface area contributed by atoms with Gasteiger partial charge in [-0.15, -0.1) is 11.8 Å². The number of carbonyl (C=O) groups excluding carboxylic acids is 1. The van der Waals surface area contributed by atoms with Gasteiger partial charge in [-0.2, -0.15) is 18.4 Å². The molecule has 2 aliphatic heterocycles. The van der Waals surface area contributed by atoms with Gasteiger partial charge in [0.25, 0.3) is 0 Å². The van der Waals surface area contributed by atoms with E-state index in [2.05, 4.69) is 6.07 Å². The third-order valence-electron chi connectivity index (χ3n) is 6.91. The lowest BCUT2D eigenvalue weighted by Gasteiger charge is -2.48. The molecule has 1 N–H and O–H groups in total. The predicted molar refractivity (Wildman–Crippen MR) is 136 cm³/mol. The Morgan fingerprint density at radius 1 is 1.18 bits per heavy atom. The average molecular weight is 557 g/mol. The largest absolute Gasteiger partial charge is 0.420 e. The second-order valence-electron chi connectivity index (χ2n) is 9.24. The molecule has 0 saturated heterocycles. The summed E-state index contributed by atoms with van der Waals surface area (Å²) >= 11 is 1.46. The zero-order valence-electron chi connectivity index (χ0n) is 20.8. The number of rotatable bonds is 3. The molecule has 0 fully saturated rings. The topological polar surface area (TPSA) is 98.8 Å². The molecule has 0 spiro atoms. The summed E-state index contributed by atoms with van der Waals surface area (Å²) in [5.74, 6) is -0.891. The molecule has 5 rings (SSSR count). The zero-order chi connectivity index (χ0) is 28.1. The number of nitriles is 1. The molecule has 2 aliphatic rings. The predicted octanol–water partition coefficient (Wildman–Crippen LogP) is 4.19. The lowest BCUT2D eigenvalue weighted by atomic mass is 9.93. The first kappa shape index (κ1) is 26.8. The molecule has 3 aromatic rings. The van der Waals surface area contributed by atoms with Gasteiger partial charge in [-0.3, -0.25) is 19.3 Å². The maximum Gasteiger partial charge on any atom is 0.403 e. The van der Waals surface area contributed by atoms with Gasteiger partial charge in [-0.05, 0) is 29.7 Å². The minimum atomic E-state index is -4.71. The van der Waals surface area contributed by atoms with Crippen LogP contribution in [-0.2, 0) is 10.5 Å². The van der Waals surface area contributed by atoms with E-state index in [1.54, 1.807) is 17.1 Å². The van der Waals surface area contributed by atoms with Crippen molar-refractivity contribution in [3.05, 3.63) is 92.9 Å². The molecule has 0 amide bonds. The average Bonchev–Trinajstić information content (AvgIpc) is 3.06. The molecule has 1 aromatic heterocycles. The molecule has 0 bridgehead atoms. The highest BCUT2D eigenvalue weighted by molar-refractivity contribution is 7.98. The first-order chi connectivity index (χ1) is 18.5. The van der Waals surface area contributed by atoms with E-state index in [-0.39, 0.29) is 5.69 Å². The molecule has 202 valence electrons. The van der Waals surface area contributed by atoms with Gasteiger partial charge >= 0.3 is 12.1 Å². The number of ether oxygens (including phenoxy) is 1. The summed E-state index contributed by atoms with van der Waals surface area (Å²) in [6.45, 7) is 1.57. The number of hydrogen-bond donors (Lipinski definition) is 1. The highest BCUT2D eigenvalue weighted by Gasteiger charge is 2.48. The number of thioether (sulfide) groups is 1. The highest BCUT2D eigenvalue weighted by Crippen LogP contribution is 2.45. The maximum atomic E-state index is 14.0. The van der Waals surface area contributed by atoms with Crippen LogP contribution in [0.2, 0.25) is 0 Å². The first-order valence-corrected chi connectivity index (χ1v) is 13.0. The van der Waals surface area contributed by atoms with E-state index < -0.39 is 48.3 Å². The number of fused-ring (bicyclic) bond motifs is 3. The second-order valence-corrected chi connectivity index (χ2v) is 10.2. The van der Waals surface area contributed by atoms with E-state index in [0.29, 0.717) is 21.8 Å². The van der Waals surface area contributed by atoms with Crippen LogP contribution in [0.15, 0.2) is 64.4 Å². The Kier molecular flexibility index (Phi) is 6.92. The summed E-state index contributed by atoms with van der Waals surface area (Å²) in [5, 5.41) is 22.6. The molecule has 12 heteroatoms. The van der Waals surface area contributed by atoms with Crippen LogP contribution < -0.4 is 15.2 Å². The van der Waals surface area contributed by atoms with Crippen molar-refractivity contribution >= 4 is 17.7 Å². The van der Waals surface area contributed by atoms with Crippen molar-refractivity contribution in [2.24, 2.45) is 0 Å². The minimum Gasteiger partial charge on any atom is -0.420 e. The number of aliphatic hydroxyl groups is 1. The summed E-state index contributed by atoms with van der Waals surface area (Å²) in [7, 11) is 0. The smallest absolute Gasteiger partial charge is 0.403 e. The molecule has 1 unspecified atom stereocenters. The van der Waals surface area contributed by atoms with Crippen molar-refractivity contribution in [3.8, 4) is 11.8 Å². The van der Waals surface area contributed by atoms with E-state index in [4.69, 9.17) is 4.74 Å². The summed E-state index contributed by atoms with van der Waals surface area (Å²) in [4.78, 5) is 26.1. The van der Waals surface area contributed by atoms with Crippen molar-refractivity contribution in [2.45, 2.75) is 49.0 Å². The normalized spacial score (nSPS) is 19.7. The molecule has 3 atom stereocenters. The Morgan fingerprint density at radius 3 is 2.59 bits per heavy atom. The quantitative estimate of drug-likeness (QED) is 0.480. The van der Waals surface area contributed by atoms with Crippen LogP contribution in [0.3, 0.4) is 0 Å². The summed E-state index contributed by atoms with van der Waals surface area (Å²) < 4.78 is 48.6. The van der Waals surface area contributed by atoms with Crippen LogP contribution in [-0.4, -0.2) is 39.5 Å². The Labute approximate surface area is 225 Å². The number of pyridine rings is 1. The summed E-state index contributed by atoms with van der Waals surface area (Å²) in [5.41, 5.74) is 1.74. The number of aromatic nitrogens is 1. The van der Waals surface area contributed by atoms with Crippen molar-refractivity contribution < 1.29 is 27.8 Å². The Bertz CT molecular complexity index is 1550.